The number of amides is 1. The Bertz CT molecular complexity index is 315. The molecule has 1 rings (SSSR count). The van der Waals surface area contributed by atoms with E-state index in [4.69, 9.17) is 11.6 Å². The summed E-state index contributed by atoms with van der Waals surface area (Å²) in [5.74, 6) is -0.0494. The predicted octanol–water partition coefficient (Wildman–Crippen LogP) is 1.54. The third-order valence-corrected chi connectivity index (χ3v) is 2.36. The van der Waals surface area contributed by atoms with Crippen LogP contribution in [0, 0.1) is 6.92 Å². The monoisotopic (exact) mass is 215 g/mol. The van der Waals surface area contributed by atoms with Gasteiger partial charge in [0.2, 0.25) is 5.91 Å². The first-order chi connectivity index (χ1) is 6.56. The average molecular weight is 216 g/mol. The van der Waals surface area contributed by atoms with Crippen molar-refractivity contribution in [3.8, 4) is 0 Å². The Hall–Kier alpha value is -1.03. The lowest BCUT2D eigenvalue weighted by atomic mass is 10.3. The van der Waals surface area contributed by atoms with Gasteiger partial charge in [-0.3, -0.25) is 9.48 Å². The Morgan fingerprint density at radius 3 is 2.86 bits per heavy atom. The van der Waals surface area contributed by atoms with Crippen molar-refractivity contribution in [3.63, 3.8) is 0 Å². The summed E-state index contributed by atoms with van der Waals surface area (Å²) in [6.45, 7) is 6.10. The van der Waals surface area contributed by atoms with E-state index in [-0.39, 0.29) is 11.9 Å². The van der Waals surface area contributed by atoms with Crippen LogP contribution in [0.5, 0.6) is 0 Å². The highest BCUT2D eigenvalue weighted by Gasteiger charge is 2.15. The van der Waals surface area contributed by atoms with Gasteiger partial charge in [0, 0.05) is 12.7 Å². The lowest BCUT2D eigenvalue weighted by Crippen LogP contribution is -2.30. The van der Waals surface area contributed by atoms with Crippen LogP contribution in [-0.4, -0.2) is 22.2 Å². The van der Waals surface area contributed by atoms with Gasteiger partial charge < -0.3 is 5.32 Å². The molecule has 5 heteroatoms. The number of hydrogen-bond acceptors (Lipinski definition) is 2. The van der Waals surface area contributed by atoms with E-state index in [1.165, 1.54) is 0 Å². The van der Waals surface area contributed by atoms with E-state index in [1.807, 2.05) is 13.8 Å². The quantitative estimate of drug-likeness (QED) is 0.832. The normalized spacial score (nSPS) is 12.6. The summed E-state index contributed by atoms with van der Waals surface area (Å²) < 4.78 is 1.57. The molecule has 0 saturated heterocycles. The molecule has 0 saturated carbocycles. The van der Waals surface area contributed by atoms with E-state index in [2.05, 4.69) is 10.4 Å². The summed E-state index contributed by atoms with van der Waals surface area (Å²) in [5, 5.41) is 7.45. The molecule has 0 radical (unpaired) electrons. The zero-order valence-corrected chi connectivity index (χ0v) is 9.30. The molecule has 0 aromatic carbocycles. The topological polar surface area (TPSA) is 46.9 Å². The van der Waals surface area contributed by atoms with E-state index >= 15 is 0 Å². The van der Waals surface area contributed by atoms with Crippen molar-refractivity contribution in [2.75, 3.05) is 6.54 Å². The maximum absolute atomic E-state index is 11.4. The van der Waals surface area contributed by atoms with Crippen LogP contribution in [0.4, 0.5) is 0 Å². The summed E-state index contributed by atoms with van der Waals surface area (Å²) in [5.41, 5.74) is 0.739. The van der Waals surface area contributed by atoms with Crippen molar-refractivity contribution >= 4 is 17.5 Å². The maximum atomic E-state index is 11.4. The molecule has 78 valence electrons. The van der Waals surface area contributed by atoms with Gasteiger partial charge in [0.05, 0.1) is 10.7 Å². The number of halogens is 1. The van der Waals surface area contributed by atoms with Crippen LogP contribution >= 0.6 is 11.6 Å². The number of likely N-dealkylation sites (N-methyl/N-ethyl adjacent to an activating group) is 1. The van der Waals surface area contributed by atoms with Crippen LogP contribution in [0.15, 0.2) is 6.20 Å². The van der Waals surface area contributed by atoms with Gasteiger partial charge in [-0.15, -0.1) is 0 Å². The fourth-order valence-electron chi connectivity index (χ4n) is 1.10. The Kier molecular flexibility index (Phi) is 3.52. The highest BCUT2D eigenvalue weighted by Crippen LogP contribution is 2.15. The van der Waals surface area contributed by atoms with Crippen molar-refractivity contribution in [3.05, 3.63) is 16.9 Å². The average Bonchev–Trinajstić information content (AvgIpc) is 2.46. The molecule has 1 N–H and O–H groups in total. The molecular formula is C9H14ClN3O. The van der Waals surface area contributed by atoms with Crippen LogP contribution in [0.1, 0.15) is 25.6 Å². The van der Waals surface area contributed by atoms with Gasteiger partial charge in [-0.1, -0.05) is 11.6 Å². The smallest absolute Gasteiger partial charge is 0.244 e. The first-order valence-electron chi connectivity index (χ1n) is 4.55. The lowest BCUT2D eigenvalue weighted by Gasteiger charge is -2.10. The van der Waals surface area contributed by atoms with Gasteiger partial charge >= 0.3 is 0 Å². The van der Waals surface area contributed by atoms with Crippen LogP contribution < -0.4 is 5.32 Å². The maximum Gasteiger partial charge on any atom is 0.244 e. The highest BCUT2D eigenvalue weighted by molar-refractivity contribution is 6.31. The van der Waals surface area contributed by atoms with E-state index in [1.54, 1.807) is 17.8 Å². The van der Waals surface area contributed by atoms with Crippen LogP contribution in [0.3, 0.4) is 0 Å². The largest absolute Gasteiger partial charge is 0.355 e. The number of nitrogens with zero attached hydrogens (tertiary/aromatic N) is 2. The lowest BCUT2D eigenvalue weighted by molar-refractivity contribution is -0.124. The summed E-state index contributed by atoms with van der Waals surface area (Å²) in [7, 11) is 0. The molecule has 0 aliphatic rings. The van der Waals surface area contributed by atoms with Crippen LogP contribution in [0.2, 0.25) is 5.02 Å². The predicted molar refractivity (Wildman–Crippen MR) is 55.4 cm³/mol. The van der Waals surface area contributed by atoms with Gasteiger partial charge in [0.25, 0.3) is 0 Å². The molecule has 0 spiro atoms. The standard InChI is InChI=1S/C9H14ClN3O/c1-4-11-9(14)7(3)13-5-8(10)6(2)12-13/h5,7H,4H2,1-3H3,(H,11,14). The number of carbonyl (C=O) groups is 1. The minimum Gasteiger partial charge on any atom is -0.355 e. The molecule has 0 bridgehead atoms. The summed E-state index contributed by atoms with van der Waals surface area (Å²) in [4.78, 5) is 11.4. The summed E-state index contributed by atoms with van der Waals surface area (Å²) >= 11 is 5.84. The number of rotatable bonds is 3. The van der Waals surface area contributed by atoms with Gasteiger partial charge in [-0.2, -0.15) is 5.10 Å². The first kappa shape index (κ1) is 11.0. The Balaban J connectivity index is 2.78. The van der Waals surface area contributed by atoms with Crippen molar-refractivity contribution < 1.29 is 4.79 Å². The molecule has 0 aliphatic heterocycles. The van der Waals surface area contributed by atoms with Gasteiger partial charge in [-0.05, 0) is 20.8 Å². The number of carbonyl (C=O) groups excluding carboxylic acids is 1. The third-order valence-electron chi connectivity index (χ3n) is 1.98. The molecule has 1 aromatic rings. The van der Waals surface area contributed by atoms with E-state index in [0.717, 1.165) is 5.69 Å². The summed E-state index contributed by atoms with van der Waals surface area (Å²) in [6, 6.07) is -0.318. The minimum absolute atomic E-state index is 0.0494. The molecule has 14 heavy (non-hydrogen) atoms. The second-order valence-electron chi connectivity index (χ2n) is 3.11. The van der Waals surface area contributed by atoms with Crippen molar-refractivity contribution in [1.82, 2.24) is 15.1 Å². The molecule has 1 atom stereocenters. The van der Waals surface area contributed by atoms with E-state index in [0.29, 0.717) is 11.6 Å². The molecule has 1 unspecified atom stereocenters. The number of hydrogen-bond donors (Lipinski definition) is 1. The molecule has 0 fully saturated rings. The van der Waals surface area contributed by atoms with Crippen molar-refractivity contribution in [2.45, 2.75) is 26.8 Å². The van der Waals surface area contributed by atoms with Gasteiger partial charge in [0.15, 0.2) is 0 Å². The Labute approximate surface area is 88.2 Å². The van der Waals surface area contributed by atoms with Gasteiger partial charge in [-0.25, -0.2) is 0 Å². The molecule has 4 nitrogen and oxygen atoms in total. The molecule has 1 heterocycles. The summed E-state index contributed by atoms with van der Waals surface area (Å²) in [6.07, 6.45) is 1.66. The molecular weight excluding hydrogens is 202 g/mol. The van der Waals surface area contributed by atoms with Crippen molar-refractivity contribution in [2.24, 2.45) is 0 Å². The van der Waals surface area contributed by atoms with Crippen LogP contribution in [-0.2, 0) is 4.79 Å². The second-order valence-corrected chi connectivity index (χ2v) is 3.52. The molecule has 0 aliphatic carbocycles. The van der Waals surface area contributed by atoms with Crippen molar-refractivity contribution in [1.29, 1.82) is 0 Å². The SMILES string of the molecule is CCNC(=O)C(C)n1cc(Cl)c(C)n1. The van der Waals surface area contributed by atoms with Gasteiger partial charge in [0.1, 0.15) is 6.04 Å². The minimum atomic E-state index is -0.318. The second kappa shape index (κ2) is 4.46. The highest BCUT2D eigenvalue weighted by atomic mass is 35.5. The van der Waals surface area contributed by atoms with E-state index < -0.39 is 0 Å². The molecule has 1 aromatic heterocycles. The zero-order chi connectivity index (χ0) is 10.7. The number of aryl methyl sites for hydroxylation is 1. The fraction of sp³-hybridized carbons (Fsp3) is 0.556. The third kappa shape index (κ3) is 2.26. The Morgan fingerprint density at radius 1 is 1.79 bits per heavy atom. The molecule has 1 amide bonds. The number of nitrogens with one attached hydrogen (secondary N) is 1. The first-order valence-corrected chi connectivity index (χ1v) is 4.93. The zero-order valence-electron chi connectivity index (χ0n) is 8.54. The fourth-order valence-corrected chi connectivity index (χ4v) is 1.24. The Morgan fingerprint density at radius 2 is 2.43 bits per heavy atom. The number of aromatic nitrogens is 2. The van der Waals surface area contributed by atoms with E-state index in [9.17, 15) is 4.79 Å². The van der Waals surface area contributed by atoms with Crippen LogP contribution in [0.25, 0.3) is 0 Å².